The fraction of sp³-hybridized carbons (Fsp3) is 0.357. The molecule has 4 rings (SSSR count). The Labute approximate surface area is 230 Å². The lowest BCUT2D eigenvalue weighted by molar-refractivity contribution is -0.144. The third kappa shape index (κ3) is 6.79. The Hall–Kier alpha value is -3.51. The number of rotatable bonds is 10. The largest absolute Gasteiger partial charge is 0.475 e. The molecule has 1 fully saturated rings. The number of sulfonamides is 1. The number of pyridine rings is 1. The van der Waals surface area contributed by atoms with Crippen molar-refractivity contribution in [1.29, 1.82) is 0 Å². The van der Waals surface area contributed by atoms with Crippen LogP contribution in [0.1, 0.15) is 44.7 Å². The molecular weight excluding hydrogens is 550 g/mol. The quantitative estimate of drug-likeness (QED) is 0.216. The van der Waals surface area contributed by atoms with E-state index in [1.807, 2.05) is 0 Å². The molecule has 0 saturated heterocycles. The molecule has 7 nitrogen and oxygen atoms in total. The second kappa shape index (κ2) is 11.5. The maximum absolute atomic E-state index is 13.5. The molecule has 3 aromatic rings. The van der Waals surface area contributed by atoms with Gasteiger partial charge in [-0.15, -0.1) is 4.41 Å². The molecule has 12 heteroatoms. The average molecular weight is 580 g/mol. The van der Waals surface area contributed by atoms with Gasteiger partial charge in [-0.05, 0) is 81.6 Å². The Morgan fingerprint density at radius 2 is 1.68 bits per heavy atom. The number of hydrogen-bond donors (Lipinski definition) is 0. The van der Waals surface area contributed by atoms with Gasteiger partial charge in [-0.25, -0.2) is 17.8 Å². The van der Waals surface area contributed by atoms with Gasteiger partial charge in [0.2, 0.25) is 11.8 Å². The van der Waals surface area contributed by atoms with Crippen molar-refractivity contribution in [2.45, 2.75) is 57.3 Å². The van der Waals surface area contributed by atoms with Gasteiger partial charge in [0, 0.05) is 24.1 Å². The summed E-state index contributed by atoms with van der Waals surface area (Å²) < 4.78 is 86.6. The number of alkyl halides is 3. The third-order valence-corrected chi connectivity index (χ3v) is 8.05. The number of ether oxygens (including phenoxy) is 1. The smallest absolute Gasteiger partial charge is 0.416 e. The summed E-state index contributed by atoms with van der Waals surface area (Å²) in [6, 6.07) is 12.0. The topological polar surface area (TPSA) is 79.8 Å². The van der Waals surface area contributed by atoms with E-state index in [2.05, 4.69) is 4.98 Å². The molecule has 1 aliphatic carbocycles. The van der Waals surface area contributed by atoms with Crippen LogP contribution in [-0.4, -0.2) is 41.4 Å². The van der Waals surface area contributed by atoms with Gasteiger partial charge in [-0.1, -0.05) is 12.1 Å². The van der Waals surface area contributed by atoms with Crippen LogP contribution in [0.25, 0.3) is 11.3 Å². The van der Waals surface area contributed by atoms with Crippen LogP contribution in [0.15, 0.2) is 65.6 Å². The van der Waals surface area contributed by atoms with Crippen molar-refractivity contribution in [3.63, 3.8) is 0 Å². The highest BCUT2D eigenvalue weighted by Crippen LogP contribution is 2.35. The van der Waals surface area contributed by atoms with Gasteiger partial charge in [-0.2, -0.15) is 13.2 Å². The van der Waals surface area contributed by atoms with Crippen molar-refractivity contribution >= 4 is 15.9 Å². The van der Waals surface area contributed by atoms with Crippen LogP contribution in [-0.2, 0) is 27.5 Å². The number of carbonyl (C=O) groups excluding carboxylic acids is 1. The van der Waals surface area contributed by atoms with Crippen molar-refractivity contribution in [2.75, 3.05) is 6.54 Å². The summed E-state index contributed by atoms with van der Waals surface area (Å²) in [6.07, 6.45) is -3.53. The monoisotopic (exact) mass is 579 g/mol. The maximum Gasteiger partial charge on any atom is 0.416 e. The van der Waals surface area contributed by atoms with E-state index in [-0.39, 0.29) is 41.8 Å². The third-order valence-electron chi connectivity index (χ3n) is 6.17. The van der Waals surface area contributed by atoms with Crippen molar-refractivity contribution in [3.05, 3.63) is 77.6 Å². The van der Waals surface area contributed by atoms with E-state index in [4.69, 9.17) is 4.74 Å². The molecule has 0 radical (unpaired) electrons. The Kier molecular flexibility index (Phi) is 8.50. The van der Waals surface area contributed by atoms with Gasteiger partial charge in [0.05, 0.1) is 28.8 Å². The highest BCUT2D eigenvalue weighted by molar-refractivity contribution is 7.89. The van der Waals surface area contributed by atoms with E-state index in [1.165, 1.54) is 12.1 Å². The van der Waals surface area contributed by atoms with Crippen LogP contribution in [0.4, 0.5) is 17.6 Å². The minimum Gasteiger partial charge on any atom is -0.475 e. The summed E-state index contributed by atoms with van der Waals surface area (Å²) in [5.74, 6) is -1.14. The molecule has 0 aliphatic heterocycles. The summed E-state index contributed by atoms with van der Waals surface area (Å²) >= 11 is 0. The first kappa shape index (κ1) is 29.5. The highest BCUT2D eigenvalue weighted by atomic mass is 32.2. The van der Waals surface area contributed by atoms with Crippen LogP contribution in [0.5, 0.6) is 5.88 Å². The minimum atomic E-state index is -4.50. The molecule has 0 bridgehead atoms. The number of amides is 1. The molecule has 0 unspecified atom stereocenters. The van der Waals surface area contributed by atoms with Gasteiger partial charge in [0.15, 0.2) is 0 Å². The zero-order chi connectivity index (χ0) is 29.2. The Balaban J connectivity index is 1.75. The van der Waals surface area contributed by atoms with Crippen molar-refractivity contribution in [3.8, 4) is 17.1 Å². The second-order valence-corrected chi connectivity index (χ2v) is 11.6. The van der Waals surface area contributed by atoms with Crippen molar-refractivity contribution in [1.82, 2.24) is 14.4 Å². The first-order valence-electron chi connectivity index (χ1n) is 12.7. The highest BCUT2D eigenvalue weighted by Gasteiger charge is 2.40. The van der Waals surface area contributed by atoms with Gasteiger partial charge in [0.25, 0.3) is 10.0 Å². The molecule has 1 aromatic heterocycles. The van der Waals surface area contributed by atoms with Crippen LogP contribution >= 0.6 is 0 Å². The molecule has 1 saturated carbocycles. The molecule has 1 aliphatic rings. The van der Waals surface area contributed by atoms with Gasteiger partial charge < -0.3 is 4.74 Å². The number of halogens is 4. The molecule has 0 spiro atoms. The predicted molar refractivity (Wildman–Crippen MR) is 140 cm³/mol. The fourth-order valence-corrected chi connectivity index (χ4v) is 5.57. The zero-order valence-electron chi connectivity index (χ0n) is 22.2. The van der Waals surface area contributed by atoms with Gasteiger partial charge in [-0.3, -0.25) is 9.80 Å². The maximum atomic E-state index is 13.5. The van der Waals surface area contributed by atoms with E-state index >= 15 is 0 Å². The Bertz CT molecular complexity index is 1460. The van der Waals surface area contributed by atoms with Crippen LogP contribution in [0.3, 0.4) is 0 Å². The molecular formula is C28H29F4N3O4S. The number of hydrogen-bond acceptors (Lipinski definition) is 5. The Morgan fingerprint density at radius 1 is 1.05 bits per heavy atom. The predicted octanol–water partition coefficient (Wildman–Crippen LogP) is 6.06. The number of aromatic nitrogens is 1. The summed E-state index contributed by atoms with van der Waals surface area (Å²) in [7, 11) is -4.23. The lowest BCUT2D eigenvalue weighted by Crippen LogP contribution is -2.49. The fourth-order valence-electron chi connectivity index (χ4n) is 4.11. The van der Waals surface area contributed by atoms with Crippen molar-refractivity contribution < 1.29 is 35.5 Å². The molecule has 0 N–H and O–H groups in total. The van der Waals surface area contributed by atoms with Crippen LogP contribution in [0, 0.1) is 11.7 Å². The van der Waals surface area contributed by atoms with Crippen molar-refractivity contribution in [2.24, 2.45) is 5.92 Å². The van der Waals surface area contributed by atoms with Gasteiger partial charge >= 0.3 is 6.18 Å². The summed E-state index contributed by atoms with van der Waals surface area (Å²) in [4.78, 5) is 17.7. The van der Waals surface area contributed by atoms with E-state index in [1.54, 1.807) is 32.9 Å². The molecule has 1 amide bonds. The van der Waals surface area contributed by atoms with E-state index in [9.17, 15) is 30.8 Å². The lowest BCUT2D eigenvalue weighted by atomic mass is 10.1. The lowest BCUT2D eigenvalue weighted by Gasteiger charge is -2.33. The minimum absolute atomic E-state index is 0.0790. The molecule has 40 heavy (non-hydrogen) atoms. The summed E-state index contributed by atoms with van der Waals surface area (Å²) in [6.45, 7) is 4.90. The number of carbonyl (C=O) groups is 1. The average Bonchev–Trinajstić information content (AvgIpc) is 3.73. The first-order chi connectivity index (χ1) is 18.8. The van der Waals surface area contributed by atoms with Crippen LogP contribution < -0.4 is 4.74 Å². The summed E-state index contributed by atoms with van der Waals surface area (Å²) in [5, 5.41) is 1.15. The molecule has 2 aromatic carbocycles. The number of nitrogens with zero attached hydrogens (tertiary/aromatic N) is 3. The number of benzene rings is 2. The zero-order valence-corrected chi connectivity index (χ0v) is 23.0. The van der Waals surface area contributed by atoms with E-state index in [0.29, 0.717) is 29.7 Å². The molecule has 0 atom stereocenters. The second-order valence-electron chi connectivity index (χ2n) is 9.71. The normalized spacial score (nSPS) is 14.0. The number of hydrazine groups is 1. The standard InChI is InChI=1S/C28H29F4N3O4S/c1-4-35(40(37,38)24-13-11-23(29)12-14-24)34(27(36)21-5-6-21)17-19-15-25(33-26(16-19)39-18(2)3)20-7-9-22(10-8-20)28(30,31)32/h7-16,18,21H,4-6,17H2,1-3H3. The molecule has 214 valence electrons. The van der Waals surface area contributed by atoms with Crippen LogP contribution in [0.2, 0.25) is 0 Å². The molecule has 1 heterocycles. The summed E-state index contributed by atoms with van der Waals surface area (Å²) in [5.41, 5.74) is 0.332. The van der Waals surface area contributed by atoms with Gasteiger partial charge in [0.1, 0.15) is 5.82 Å². The Morgan fingerprint density at radius 3 is 2.20 bits per heavy atom. The van der Waals surface area contributed by atoms with E-state index < -0.39 is 27.6 Å². The van der Waals surface area contributed by atoms with E-state index in [0.717, 1.165) is 45.8 Å². The first-order valence-corrected chi connectivity index (χ1v) is 14.2. The SMILES string of the molecule is CCN(N(Cc1cc(OC(C)C)nc(-c2ccc(C(F)(F)F)cc2)c1)C(=O)C1CC1)S(=O)(=O)c1ccc(F)cc1.